The molecule has 0 unspecified atom stereocenters. The maximum Gasteiger partial charge on any atom is 0.221 e. The fourth-order valence-electron chi connectivity index (χ4n) is 2.05. The Morgan fingerprint density at radius 3 is 1.23 bits per heavy atom. The molecule has 0 saturated carbocycles. The first-order chi connectivity index (χ1) is 12.4. The monoisotopic (exact) mass is 360 g/mol. The third-order valence-corrected chi connectivity index (χ3v) is 2.96. The van der Waals surface area contributed by atoms with E-state index in [0.29, 0.717) is 0 Å². The average molecular weight is 361 g/mol. The van der Waals surface area contributed by atoms with Crippen molar-refractivity contribution in [2.45, 2.75) is 54.4 Å². The second-order valence-electron chi connectivity index (χ2n) is 5.64. The number of benzene rings is 2. The molecule has 2 amide bonds. The average Bonchev–Trinajstić information content (AvgIpc) is 2.60. The van der Waals surface area contributed by atoms with Crippen LogP contribution in [0.1, 0.15) is 61.9 Å². The van der Waals surface area contributed by atoms with Crippen LogP contribution in [0.5, 0.6) is 0 Å². The standard InChI is InChI=1S/C17H18N2O2.C3H8.C2H6.2H2/c1-12(20)18-16-7-3-14(4-8-16)11-15-5-9-17(10-6-15)19-13(2)21;1-3-2;1-2;;/h3-10H,11H2,1-2H3,(H,18,20)(H,19,21);3H2,1-2H3;1-2H3;2*1H. The highest BCUT2D eigenvalue weighted by Crippen LogP contribution is 2.16. The number of nitrogens with one attached hydrogen (secondary N) is 2. The second kappa shape index (κ2) is 13.6. The van der Waals surface area contributed by atoms with Crippen LogP contribution < -0.4 is 10.6 Å². The summed E-state index contributed by atoms with van der Waals surface area (Å²) in [6, 6.07) is 15.5. The Morgan fingerprint density at radius 1 is 0.731 bits per heavy atom. The van der Waals surface area contributed by atoms with Gasteiger partial charge in [-0.3, -0.25) is 9.59 Å². The summed E-state index contributed by atoms with van der Waals surface area (Å²) in [7, 11) is 0. The van der Waals surface area contributed by atoms with E-state index in [-0.39, 0.29) is 14.7 Å². The number of hydrogen-bond acceptors (Lipinski definition) is 2. The summed E-state index contributed by atoms with van der Waals surface area (Å²) in [6.45, 7) is 11.2. The van der Waals surface area contributed by atoms with Gasteiger partial charge in [-0.25, -0.2) is 0 Å². The molecule has 146 valence electrons. The molecule has 2 aromatic carbocycles. The van der Waals surface area contributed by atoms with Crippen LogP contribution in [0.2, 0.25) is 0 Å². The van der Waals surface area contributed by atoms with Gasteiger partial charge in [-0.1, -0.05) is 58.4 Å². The zero-order valence-corrected chi connectivity index (χ0v) is 16.8. The Morgan fingerprint density at radius 2 is 1.00 bits per heavy atom. The number of amides is 2. The summed E-state index contributed by atoms with van der Waals surface area (Å²) < 4.78 is 0. The van der Waals surface area contributed by atoms with Gasteiger partial charge in [0.15, 0.2) is 0 Å². The largest absolute Gasteiger partial charge is 0.326 e. The summed E-state index contributed by atoms with van der Waals surface area (Å²) in [4.78, 5) is 21.9. The van der Waals surface area contributed by atoms with Crippen molar-refractivity contribution in [2.75, 3.05) is 10.6 Å². The molecule has 4 heteroatoms. The van der Waals surface area contributed by atoms with Gasteiger partial charge in [0.2, 0.25) is 11.8 Å². The van der Waals surface area contributed by atoms with E-state index < -0.39 is 0 Å². The smallest absolute Gasteiger partial charge is 0.221 e. The molecule has 2 rings (SSSR count). The van der Waals surface area contributed by atoms with Gasteiger partial charge >= 0.3 is 0 Å². The zero-order chi connectivity index (χ0) is 19.9. The molecule has 0 heterocycles. The predicted octanol–water partition coefficient (Wildman–Crippen LogP) is 6.13. The van der Waals surface area contributed by atoms with Crippen molar-refractivity contribution < 1.29 is 12.4 Å². The van der Waals surface area contributed by atoms with Gasteiger partial charge in [-0.2, -0.15) is 0 Å². The highest BCUT2D eigenvalue weighted by atomic mass is 16.2. The van der Waals surface area contributed by atoms with Crippen LogP contribution in [0, 0.1) is 0 Å². The van der Waals surface area contributed by atoms with E-state index in [1.165, 1.54) is 20.3 Å². The molecule has 0 spiro atoms. The van der Waals surface area contributed by atoms with Gasteiger partial charge in [0, 0.05) is 28.1 Å². The van der Waals surface area contributed by atoms with Crippen molar-refractivity contribution in [1.82, 2.24) is 0 Å². The number of hydrogen-bond donors (Lipinski definition) is 2. The molecule has 0 bridgehead atoms. The molecule has 0 atom stereocenters. The van der Waals surface area contributed by atoms with Gasteiger partial charge in [-0.05, 0) is 41.8 Å². The fraction of sp³-hybridized carbons (Fsp3) is 0.364. The van der Waals surface area contributed by atoms with Crippen LogP contribution in [-0.2, 0) is 16.0 Å². The van der Waals surface area contributed by atoms with Crippen molar-refractivity contribution in [3.05, 3.63) is 59.7 Å². The minimum absolute atomic E-state index is 0. The molecule has 0 aromatic heterocycles. The van der Waals surface area contributed by atoms with Crippen molar-refractivity contribution in [2.24, 2.45) is 0 Å². The van der Waals surface area contributed by atoms with Crippen LogP contribution in [-0.4, -0.2) is 11.8 Å². The third kappa shape index (κ3) is 10.3. The fourth-order valence-corrected chi connectivity index (χ4v) is 2.05. The summed E-state index contributed by atoms with van der Waals surface area (Å²) in [5.41, 5.74) is 3.92. The van der Waals surface area contributed by atoms with Crippen LogP contribution in [0.15, 0.2) is 48.5 Å². The minimum Gasteiger partial charge on any atom is -0.326 e. The molecule has 0 aliphatic heterocycles. The molecule has 0 aliphatic carbocycles. The van der Waals surface area contributed by atoms with E-state index in [4.69, 9.17) is 0 Å². The highest BCUT2D eigenvalue weighted by molar-refractivity contribution is 5.89. The topological polar surface area (TPSA) is 58.2 Å². The molecule has 2 aromatic rings. The first-order valence-corrected chi connectivity index (χ1v) is 9.17. The molecule has 0 aliphatic rings. The third-order valence-electron chi connectivity index (χ3n) is 2.96. The summed E-state index contributed by atoms with van der Waals surface area (Å²) in [5, 5.41) is 5.48. The van der Waals surface area contributed by atoms with Crippen LogP contribution in [0.4, 0.5) is 11.4 Å². The lowest BCUT2D eigenvalue weighted by Gasteiger charge is -2.06. The number of rotatable bonds is 4. The van der Waals surface area contributed by atoms with Gasteiger partial charge in [-0.15, -0.1) is 0 Å². The Kier molecular flexibility index (Phi) is 12.3. The SMILES string of the molecule is CC.CC(=O)Nc1ccc(Cc2ccc(NC(C)=O)cc2)cc1.CCC.[HH].[HH]. The Bertz CT molecular complexity index is 600. The van der Waals surface area contributed by atoms with Crippen LogP contribution in [0.25, 0.3) is 0 Å². The number of carbonyl (C=O) groups is 2. The van der Waals surface area contributed by atoms with E-state index in [1.807, 2.05) is 62.4 Å². The molecule has 4 nitrogen and oxygen atoms in total. The molecule has 0 saturated heterocycles. The maximum atomic E-state index is 11.0. The zero-order valence-electron chi connectivity index (χ0n) is 16.8. The lowest BCUT2D eigenvalue weighted by atomic mass is 10.0. The van der Waals surface area contributed by atoms with Gasteiger partial charge < -0.3 is 10.6 Å². The van der Waals surface area contributed by atoms with Crippen molar-refractivity contribution in [3.8, 4) is 0 Å². The molecule has 0 fully saturated rings. The first-order valence-electron chi connectivity index (χ1n) is 9.17. The van der Waals surface area contributed by atoms with E-state index in [0.717, 1.165) is 28.9 Å². The summed E-state index contributed by atoms with van der Waals surface area (Å²) >= 11 is 0. The highest BCUT2D eigenvalue weighted by Gasteiger charge is 2.00. The van der Waals surface area contributed by atoms with Crippen molar-refractivity contribution in [1.29, 1.82) is 0 Å². The Labute approximate surface area is 161 Å². The van der Waals surface area contributed by atoms with E-state index in [2.05, 4.69) is 24.5 Å². The summed E-state index contributed by atoms with van der Waals surface area (Å²) in [6.07, 6.45) is 2.06. The maximum absolute atomic E-state index is 11.0. The van der Waals surface area contributed by atoms with Gasteiger partial charge in [0.1, 0.15) is 0 Å². The predicted molar refractivity (Wildman–Crippen MR) is 116 cm³/mol. The Balaban J connectivity index is -0.000000815. The van der Waals surface area contributed by atoms with Gasteiger partial charge in [0.25, 0.3) is 0 Å². The first kappa shape index (κ1) is 23.4. The lowest BCUT2D eigenvalue weighted by molar-refractivity contribution is -0.115. The normalized spacial score (nSPS) is 9.00. The van der Waals surface area contributed by atoms with Crippen molar-refractivity contribution >= 4 is 23.2 Å². The summed E-state index contributed by atoms with van der Waals surface area (Å²) in [5.74, 6) is -0.146. The number of carbonyl (C=O) groups excluding carboxylic acids is 2. The second-order valence-corrected chi connectivity index (χ2v) is 5.64. The quantitative estimate of drug-likeness (QED) is 0.689. The number of anilines is 2. The molecule has 2 N–H and O–H groups in total. The molecule has 26 heavy (non-hydrogen) atoms. The van der Waals surface area contributed by atoms with Crippen molar-refractivity contribution in [3.63, 3.8) is 0 Å². The Hall–Kier alpha value is -2.62. The molecular formula is C22H36N2O2. The van der Waals surface area contributed by atoms with Gasteiger partial charge in [0.05, 0.1) is 0 Å². The van der Waals surface area contributed by atoms with E-state index >= 15 is 0 Å². The van der Waals surface area contributed by atoms with Crippen LogP contribution >= 0.6 is 0 Å². The van der Waals surface area contributed by atoms with E-state index in [1.54, 1.807) is 0 Å². The van der Waals surface area contributed by atoms with E-state index in [9.17, 15) is 9.59 Å². The molecule has 0 radical (unpaired) electrons. The lowest BCUT2D eigenvalue weighted by Crippen LogP contribution is -2.05. The van der Waals surface area contributed by atoms with Crippen LogP contribution in [0.3, 0.4) is 0 Å². The minimum atomic E-state index is -0.0729. The molecular weight excluding hydrogens is 324 g/mol.